The van der Waals surface area contributed by atoms with Crippen molar-refractivity contribution in [3.8, 4) is 0 Å². The van der Waals surface area contributed by atoms with Gasteiger partial charge in [-0.15, -0.1) is 0 Å². The van der Waals surface area contributed by atoms with E-state index in [4.69, 9.17) is 10.2 Å². The first kappa shape index (κ1) is 5.06. The molecule has 0 aromatic rings. The summed E-state index contributed by atoms with van der Waals surface area (Å²) in [6.07, 6.45) is 1.67. The lowest BCUT2D eigenvalue weighted by molar-refractivity contribution is 0.0438. The largest absolute Gasteiger partial charge is 0.390 e. The van der Waals surface area contributed by atoms with Crippen molar-refractivity contribution in [1.29, 1.82) is 0 Å². The Labute approximate surface area is 42.8 Å². The average molecular weight is 102 g/mol. The standard InChI is InChI=1S/C5H10O2/c6-4-2-1-3-5(4)7/h4-7H,1-3H2/t4-,5?/m1/s1. The van der Waals surface area contributed by atoms with E-state index in [0.717, 1.165) is 19.3 Å². The van der Waals surface area contributed by atoms with Gasteiger partial charge >= 0.3 is 0 Å². The van der Waals surface area contributed by atoms with Crippen LogP contribution in [0, 0.1) is 0 Å². The molecule has 0 aromatic carbocycles. The minimum absolute atomic E-state index is 0.431. The Kier molecular flexibility index (Phi) is 1.30. The molecular weight excluding hydrogens is 92.1 g/mol. The molecule has 2 N–H and O–H groups in total. The van der Waals surface area contributed by atoms with Gasteiger partial charge in [-0.25, -0.2) is 0 Å². The van der Waals surface area contributed by atoms with Crippen molar-refractivity contribution in [2.24, 2.45) is 0 Å². The van der Waals surface area contributed by atoms with Gasteiger partial charge in [0.05, 0.1) is 12.2 Å². The number of aliphatic hydroxyl groups excluding tert-OH is 2. The van der Waals surface area contributed by atoms with Crippen LogP contribution in [0.4, 0.5) is 0 Å². The lowest BCUT2D eigenvalue weighted by atomic mass is 10.3. The Morgan fingerprint density at radius 2 is 1.43 bits per heavy atom. The second kappa shape index (κ2) is 1.80. The summed E-state index contributed by atoms with van der Waals surface area (Å²) in [6, 6.07) is 0. The van der Waals surface area contributed by atoms with Gasteiger partial charge in [0.1, 0.15) is 0 Å². The zero-order chi connectivity index (χ0) is 5.28. The van der Waals surface area contributed by atoms with Crippen LogP contribution >= 0.6 is 0 Å². The minimum atomic E-state index is -0.431. The van der Waals surface area contributed by atoms with Gasteiger partial charge < -0.3 is 10.2 Å². The molecule has 1 aliphatic rings. The molecule has 0 amide bonds. The molecule has 2 nitrogen and oxygen atoms in total. The first-order valence-corrected chi connectivity index (χ1v) is 2.67. The zero-order valence-electron chi connectivity index (χ0n) is 4.17. The molecule has 0 spiro atoms. The predicted molar refractivity (Wildman–Crippen MR) is 25.9 cm³/mol. The van der Waals surface area contributed by atoms with Gasteiger partial charge in [0.15, 0.2) is 0 Å². The fourth-order valence-electron chi connectivity index (χ4n) is 0.921. The molecule has 42 valence electrons. The molecule has 1 saturated carbocycles. The SMILES string of the molecule is OC1CCC[C@H]1O. The second-order valence-corrected chi connectivity index (χ2v) is 2.07. The highest BCUT2D eigenvalue weighted by Crippen LogP contribution is 2.17. The van der Waals surface area contributed by atoms with E-state index in [2.05, 4.69) is 0 Å². The van der Waals surface area contributed by atoms with E-state index in [1.165, 1.54) is 0 Å². The summed E-state index contributed by atoms with van der Waals surface area (Å²) in [5.41, 5.74) is 0. The van der Waals surface area contributed by atoms with Crippen molar-refractivity contribution in [3.63, 3.8) is 0 Å². The maximum Gasteiger partial charge on any atom is 0.0799 e. The molecule has 0 saturated heterocycles. The smallest absolute Gasteiger partial charge is 0.0799 e. The Morgan fingerprint density at radius 3 is 1.57 bits per heavy atom. The molecular formula is C5H10O2. The van der Waals surface area contributed by atoms with Crippen molar-refractivity contribution in [2.75, 3.05) is 0 Å². The minimum Gasteiger partial charge on any atom is -0.390 e. The van der Waals surface area contributed by atoms with E-state index in [0.29, 0.717) is 0 Å². The van der Waals surface area contributed by atoms with Gasteiger partial charge in [-0.05, 0) is 19.3 Å². The first-order chi connectivity index (χ1) is 3.30. The Morgan fingerprint density at radius 1 is 1.00 bits per heavy atom. The van der Waals surface area contributed by atoms with Gasteiger partial charge in [-0.2, -0.15) is 0 Å². The highest BCUT2D eigenvalue weighted by Gasteiger charge is 2.21. The molecule has 0 aliphatic heterocycles. The van der Waals surface area contributed by atoms with Crippen molar-refractivity contribution < 1.29 is 10.2 Å². The van der Waals surface area contributed by atoms with Crippen LogP contribution < -0.4 is 0 Å². The molecule has 1 aliphatic carbocycles. The molecule has 2 atom stereocenters. The summed E-state index contributed by atoms with van der Waals surface area (Å²) >= 11 is 0. The van der Waals surface area contributed by atoms with Crippen LogP contribution in [0.5, 0.6) is 0 Å². The molecule has 0 radical (unpaired) electrons. The Hall–Kier alpha value is -0.0800. The normalized spacial score (nSPS) is 42.0. The predicted octanol–water partition coefficient (Wildman–Crippen LogP) is -0.108. The lowest BCUT2D eigenvalue weighted by Crippen LogP contribution is -2.17. The van der Waals surface area contributed by atoms with E-state index in [-0.39, 0.29) is 0 Å². The Bertz CT molecular complexity index is 55.1. The van der Waals surface area contributed by atoms with Gasteiger partial charge in [-0.1, -0.05) is 0 Å². The van der Waals surface area contributed by atoms with Crippen molar-refractivity contribution in [2.45, 2.75) is 31.5 Å². The third-order valence-electron chi connectivity index (χ3n) is 1.44. The van der Waals surface area contributed by atoms with Gasteiger partial charge in [0, 0.05) is 0 Å². The molecule has 1 rings (SSSR count). The van der Waals surface area contributed by atoms with Gasteiger partial charge in [-0.3, -0.25) is 0 Å². The fourth-order valence-corrected chi connectivity index (χ4v) is 0.921. The summed E-state index contributed by atoms with van der Waals surface area (Å²) in [5, 5.41) is 17.5. The molecule has 2 heteroatoms. The van der Waals surface area contributed by atoms with E-state index < -0.39 is 12.2 Å². The van der Waals surface area contributed by atoms with Gasteiger partial charge in [0.25, 0.3) is 0 Å². The van der Waals surface area contributed by atoms with Crippen LogP contribution in [0.1, 0.15) is 19.3 Å². The molecule has 0 bridgehead atoms. The number of hydrogen-bond donors (Lipinski definition) is 2. The summed E-state index contributed by atoms with van der Waals surface area (Å²) in [5.74, 6) is 0. The summed E-state index contributed by atoms with van der Waals surface area (Å²) in [4.78, 5) is 0. The molecule has 1 unspecified atom stereocenters. The second-order valence-electron chi connectivity index (χ2n) is 2.07. The van der Waals surface area contributed by atoms with Gasteiger partial charge in [0.2, 0.25) is 0 Å². The quantitative estimate of drug-likeness (QED) is 0.448. The monoisotopic (exact) mass is 102 g/mol. The molecule has 7 heavy (non-hydrogen) atoms. The summed E-state index contributed by atoms with van der Waals surface area (Å²) in [6.45, 7) is 0. The van der Waals surface area contributed by atoms with Crippen LogP contribution in [0.3, 0.4) is 0 Å². The third kappa shape index (κ3) is 0.924. The van der Waals surface area contributed by atoms with Crippen molar-refractivity contribution in [1.82, 2.24) is 0 Å². The molecule has 0 heterocycles. The highest BCUT2D eigenvalue weighted by atomic mass is 16.3. The van der Waals surface area contributed by atoms with E-state index in [1.54, 1.807) is 0 Å². The first-order valence-electron chi connectivity index (χ1n) is 2.67. The number of aliphatic hydroxyl groups is 2. The van der Waals surface area contributed by atoms with Crippen LogP contribution in [-0.2, 0) is 0 Å². The average Bonchev–Trinajstić information content (AvgIpc) is 1.91. The molecule has 1 fully saturated rings. The van der Waals surface area contributed by atoms with Crippen LogP contribution in [0.2, 0.25) is 0 Å². The highest BCUT2D eigenvalue weighted by molar-refractivity contribution is 4.74. The van der Waals surface area contributed by atoms with Crippen LogP contribution in [-0.4, -0.2) is 22.4 Å². The zero-order valence-corrected chi connectivity index (χ0v) is 4.17. The van der Waals surface area contributed by atoms with Crippen molar-refractivity contribution >= 4 is 0 Å². The Balaban J connectivity index is 2.33. The number of rotatable bonds is 0. The topological polar surface area (TPSA) is 40.5 Å². The summed E-state index contributed by atoms with van der Waals surface area (Å²) in [7, 11) is 0. The third-order valence-corrected chi connectivity index (χ3v) is 1.44. The van der Waals surface area contributed by atoms with Crippen LogP contribution in [0.25, 0.3) is 0 Å². The maximum absolute atomic E-state index is 8.75. The van der Waals surface area contributed by atoms with Crippen LogP contribution in [0.15, 0.2) is 0 Å². The lowest BCUT2D eigenvalue weighted by Gasteiger charge is -2.03. The number of hydrogen-bond acceptors (Lipinski definition) is 2. The maximum atomic E-state index is 8.75. The van der Waals surface area contributed by atoms with Crippen molar-refractivity contribution in [3.05, 3.63) is 0 Å². The van der Waals surface area contributed by atoms with E-state index >= 15 is 0 Å². The summed E-state index contributed by atoms with van der Waals surface area (Å²) < 4.78 is 0. The molecule has 0 aromatic heterocycles. The van der Waals surface area contributed by atoms with E-state index in [9.17, 15) is 0 Å². The van der Waals surface area contributed by atoms with E-state index in [1.807, 2.05) is 0 Å². The fraction of sp³-hybridized carbons (Fsp3) is 1.00.